The number of rotatable bonds is 5. The third-order valence-corrected chi connectivity index (χ3v) is 4.13. The highest BCUT2D eigenvalue weighted by Crippen LogP contribution is 2.28. The van der Waals surface area contributed by atoms with Gasteiger partial charge in [-0.3, -0.25) is 0 Å². The Bertz CT molecular complexity index is 394. The Hall–Kier alpha value is -0.440. The standard InChI is InChI=1S/C13H24O11/c1-21-3-5-7(16)9(18)11(12(20)22-5)24-13-10(19)8(17)6(15)4(2-14)23-13/h4-20H,2-3H2,1H3/t4-,5-,6-,7-,8+,9+,10-,11-,12+,13-/m1/s1. The van der Waals surface area contributed by atoms with E-state index in [1.54, 1.807) is 0 Å². The molecule has 2 aliphatic rings. The maximum atomic E-state index is 10.1. The molecule has 2 saturated heterocycles. The second kappa shape index (κ2) is 8.29. The summed E-state index contributed by atoms with van der Waals surface area (Å²) in [5.74, 6) is 0. The van der Waals surface area contributed by atoms with Gasteiger partial charge in [0.05, 0.1) is 13.2 Å². The van der Waals surface area contributed by atoms with Crippen LogP contribution in [0.3, 0.4) is 0 Å². The molecule has 11 nitrogen and oxygen atoms in total. The van der Waals surface area contributed by atoms with Gasteiger partial charge in [0.2, 0.25) is 0 Å². The van der Waals surface area contributed by atoms with Crippen LogP contribution in [0.2, 0.25) is 0 Å². The predicted octanol–water partition coefficient (Wildman–Crippen LogP) is -4.74. The van der Waals surface area contributed by atoms with E-state index in [1.807, 2.05) is 0 Å². The van der Waals surface area contributed by atoms with Gasteiger partial charge in [0.25, 0.3) is 0 Å². The predicted molar refractivity (Wildman–Crippen MR) is 73.4 cm³/mol. The molecule has 0 spiro atoms. The first-order valence-corrected chi connectivity index (χ1v) is 7.46. The molecular weight excluding hydrogens is 332 g/mol. The highest BCUT2D eigenvalue weighted by Gasteiger charge is 2.50. The van der Waals surface area contributed by atoms with Crippen molar-refractivity contribution in [1.82, 2.24) is 0 Å². The van der Waals surface area contributed by atoms with Crippen molar-refractivity contribution in [1.29, 1.82) is 0 Å². The fourth-order valence-electron chi connectivity index (χ4n) is 2.70. The second-order valence-electron chi connectivity index (χ2n) is 5.80. The van der Waals surface area contributed by atoms with Crippen LogP contribution in [0.15, 0.2) is 0 Å². The van der Waals surface area contributed by atoms with E-state index in [0.29, 0.717) is 0 Å². The molecule has 0 amide bonds. The largest absolute Gasteiger partial charge is 0.394 e. The summed E-state index contributed by atoms with van der Waals surface area (Å²) >= 11 is 0. The smallest absolute Gasteiger partial charge is 0.187 e. The minimum Gasteiger partial charge on any atom is -0.394 e. The summed E-state index contributed by atoms with van der Waals surface area (Å²) in [6.45, 7) is -0.738. The number of hydrogen-bond acceptors (Lipinski definition) is 11. The van der Waals surface area contributed by atoms with Gasteiger partial charge in [-0.15, -0.1) is 0 Å². The van der Waals surface area contributed by atoms with Crippen molar-refractivity contribution in [3.63, 3.8) is 0 Å². The number of aliphatic hydroxyl groups excluding tert-OH is 7. The second-order valence-corrected chi connectivity index (χ2v) is 5.80. The lowest BCUT2D eigenvalue weighted by Crippen LogP contribution is -2.64. The zero-order valence-electron chi connectivity index (χ0n) is 13.0. The van der Waals surface area contributed by atoms with Crippen LogP contribution in [0.1, 0.15) is 0 Å². The van der Waals surface area contributed by atoms with Gasteiger partial charge < -0.3 is 54.7 Å². The van der Waals surface area contributed by atoms with Gasteiger partial charge >= 0.3 is 0 Å². The van der Waals surface area contributed by atoms with E-state index >= 15 is 0 Å². The van der Waals surface area contributed by atoms with E-state index in [-0.39, 0.29) is 6.61 Å². The zero-order chi connectivity index (χ0) is 18.0. The van der Waals surface area contributed by atoms with Gasteiger partial charge in [-0.2, -0.15) is 0 Å². The van der Waals surface area contributed by atoms with Gasteiger partial charge in [-0.1, -0.05) is 0 Å². The van der Waals surface area contributed by atoms with Crippen LogP contribution in [0, 0.1) is 0 Å². The minimum atomic E-state index is -1.71. The maximum absolute atomic E-state index is 10.1. The summed E-state index contributed by atoms with van der Waals surface area (Å²) in [5, 5.41) is 68.4. The molecule has 11 heteroatoms. The fraction of sp³-hybridized carbons (Fsp3) is 1.00. The molecule has 2 rings (SSSR count). The Morgan fingerprint density at radius 2 is 1.42 bits per heavy atom. The van der Waals surface area contributed by atoms with Crippen LogP contribution >= 0.6 is 0 Å². The Morgan fingerprint density at radius 3 is 2.00 bits per heavy atom. The van der Waals surface area contributed by atoms with Crippen LogP contribution in [0.25, 0.3) is 0 Å². The molecule has 0 unspecified atom stereocenters. The van der Waals surface area contributed by atoms with E-state index in [9.17, 15) is 30.6 Å². The van der Waals surface area contributed by atoms with Crippen LogP contribution < -0.4 is 0 Å². The number of aliphatic hydroxyl groups is 7. The molecule has 0 bridgehead atoms. The van der Waals surface area contributed by atoms with Gasteiger partial charge in [0, 0.05) is 7.11 Å². The Labute approximate surface area is 137 Å². The molecule has 24 heavy (non-hydrogen) atoms. The molecule has 0 aromatic heterocycles. The van der Waals surface area contributed by atoms with Crippen molar-refractivity contribution in [2.45, 2.75) is 61.4 Å². The number of methoxy groups -OCH3 is 1. The van der Waals surface area contributed by atoms with Gasteiger partial charge in [0.15, 0.2) is 12.6 Å². The molecule has 0 aromatic carbocycles. The minimum absolute atomic E-state index is 0.0813. The van der Waals surface area contributed by atoms with Crippen LogP contribution in [-0.4, -0.2) is 117 Å². The molecule has 2 heterocycles. The number of hydrogen-bond donors (Lipinski definition) is 7. The average Bonchev–Trinajstić information content (AvgIpc) is 2.56. The van der Waals surface area contributed by atoms with E-state index in [4.69, 9.17) is 24.1 Å². The van der Waals surface area contributed by atoms with E-state index in [2.05, 4.69) is 0 Å². The Kier molecular flexibility index (Phi) is 6.87. The third kappa shape index (κ3) is 3.86. The summed E-state index contributed by atoms with van der Waals surface area (Å²) in [7, 11) is 1.35. The first kappa shape index (κ1) is 19.9. The normalized spacial score (nSPS) is 50.0. The quantitative estimate of drug-likeness (QED) is 0.251. The lowest BCUT2D eigenvalue weighted by molar-refractivity contribution is -0.362. The van der Waals surface area contributed by atoms with E-state index < -0.39 is 68.0 Å². The average molecular weight is 356 g/mol. The zero-order valence-corrected chi connectivity index (χ0v) is 13.0. The molecule has 142 valence electrons. The van der Waals surface area contributed by atoms with Crippen molar-refractivity contribution in [2.24, 2.45) is 0 Å². The lowest BCUT2D eigenvalue weighted by Gasteiger charge is -2.45. The van der Waals surface area contributed by atoms with Crippen molar-refractivity contribution in [3.05, 3.63) is 0 Å². The van der Waals surface area contributed by atoms with Gasteiger partial charge in [0.1, 0.15) is 48.8 Å². The third-order valence-electron chi connectivity index (χ3n) is 4.13. The van der Waals surface area contributed by atoms with Crippen molar-refractivity contribution < 1.29 is 54.7 Å². The molecule has 0 saturated carbocycles. The fourth-order valence-corrected chi connectivity index (χ4v) is 2.70. The van der Waals surface area contributed by atoms with E-state index in [0.717, 1.165) is 0 Å². The molecule has 7 N–H and O–H groups in total. The summed E-state index contributed by atoms with van der Waals surface area (Å²) in [5.41, 5.74) is 0. The molecule has 2 fully saturated rings. The monoisotopic (exact) mass is 356 g/mol. The summed E-state index contributed by atoms with van der Waals surface area (Å²) in [4.78, 5) is 0. The summed E-state index contributed by atoms with van der Waals surface area (Å²) in [6, 6.07) is 0. The summed E-state index contributed by atoms with van der Waals surface area (Å²) < 4.78 is 20.3. The van der Waals surface area contributed by atoms with Crippen LogP contribution in [-0.2, 0) is 18.9 Å². The Morgan fingerprint density at radius 1 is 0.792 bits per heavy atom. The SMILES string of the molecule is COC[C@H]1O[C@H](O)[C@H](O[C@H]2O[C@H](CO)[C@@H](O)[C@H](O)[C@H]2O)[C@@H](O)[C@@H]1O. The first-order valence-electron chi connectivity index (χ1n) is 7.46. The van der Waals surface area contributed by atoms with Crippen molar-refractivity contribution >= 4 is 0 Å². The lowest BCUT2D eigenvalue weighted by atomic mass is 9.97. The molecular formula is C13H24O11. The first-order chi connectivity index (χ1) is 11.3. The van der Waals surface area contributed by atoms with Gasteiger partial charge in [-0.25, -0.2) is 0 Å². The molecule has 2 aliphatic heterocycles. The maximum Gasteiger partial charge on any atom is 0.187 e. The van der Waals surface area contributed by atoms with Gasteiger partial charge in [-0.05, 0) is 0 Å². The number of ether oxygens (including phenoxy) is 4. The summed E-state index contributed by atoms with van der Waals surface area (Å²) in [6.07, 6.45) is -15.0. The Balaban J connectivity index is 2.06. The molecule has 0 radical (unpaired) electrons. The van der Waals surface area contributed by atoms with Crippen molar-refractivity contribution in [3.8, 4) is 0 Å². The topological polar surface area (TPSA) is 179 Å². The highest BCUT2D eigenvalue weighted by atomic mass is 16.7. The molecule has 10 atom stereocenters. The van der Waals surface area contributed by atoms with Crippen LogP contribution in [0.5, 0.6) is 0 Å². The van der Waals surface area contributed by atoms with Crippen molar-refractivity contribution in [2.75, 3.05) is 20.3 Å². The molecule has 0 aromatic rings. The molecule has 0 aliphatic carbocycles. The highest BCUT2D eigenvalue weighted by molar-refractivity contribution is 4.93. The van der Waals surface area contributed by atoms with Crippen LogP contribution in [0.4, 0.5) is 0 Å². The van der Waals surface area contributed by atoms with E-state index in [1.165, 1.54) is 7.11 Å².